The van der Waals surface area contributed by atoms with Crippen molar-refractivity contribution in [3.05, 3.63) is 35.5 Å². The lowest BCUT2D eigenvalue weighted by molar-refractivity contribution is -0.122. The van der Waals surface area contributed by atoms with Crippen molar-refractivity contribution in [2.24, 2.45) is 17.3 Å². The molecule has 3 aliphatic carbocycles. The zero-order valence-electron chi connectivity index (χ0n) is 29.0. The Kier molecular flexibility index (Phi) is 10.7. The Hall–Kier alpha value is -0.736. The number of carbonyl (C=O) groups excluding carboxylic acids is 2. The second-order valence-corrected chi connectivity index (χ2v) is 27.7. The van der Waals surface area contributed by atoms with Crippen LogP contribution < -0.4 is 0 Å². The maximum absolute atomic E-state index is 13.4. The Morgan fingerprint density at radius 3 is 2.14 bits per heavy atom. The van der Waals surface area contributed by atoms with E-state index in [4.69, 9.17) is 8.85 Å². The molecule has 238 valence electrons. The lowest BCUT2D eigenvalue weighted by Crippen LogP contribution is -2.49. The van der Waals surface area contributed by atoms with Gasteiger partial charge in [0.2, 0.25) is 0 Å². The standard InChI is InChI=1S/C35H60O4SSi2/c1-23-27(18-17-26-16-15-19-35(10)29(26)22-30(37)32(35)24(2)40-25(3)36)20-28(38-41(11,12)33(4,5)6)21-31(23)39-42(13,14)34(7,8)9/h17-18,24,28-29,31-32H,1,15-16,19-22H2,2-14H3/t24-,28+,29-,31-,32-,35-/m0/s1. The minimum atomic E-state index is -2.02. The summed E-state index contributed by atoms with van der Waals surface area (Å²) in [6, 6.07) is 0. The third-order valence-corrected chi connectivity index (χ3v) is 21.4. The molecule has 3 saturated carbocycles. The van der Waals surface area contributed by atoms with E-state index in [1.54, 1.807) is 6.92 Å². The molecular formula is C35H60O4SSi2. The van der Waals surface area contributed by atoms with Crippen molar-refractivity contribution in [3.8, 4) is 0 Å². The van der Waals surface area contributed by atoms with Crippen LogP contribution >= 0.6 is 11.8 Å². The van der Waals surface area contributed by atoms with Crippen molar-refractivity contribution >= 4 is 39.3 Å². The molecule has 0 aromatic heterocycles. The molecule has 4 nitrogen and oxygen atoms in total. The Balaban J connectivity index is 1.95. The van der Waals surface area contributed by atoms with E-state index in [1.807, 2.05) is 0 Å². The molecular weight excluding hydrogens is 573 g/mol. The summed E-state index contributed by atoms with van der Waals surface area (Å²) >= 11 is 1.34. The molecule has 7 heteroatoms. The molecule has 6 atom stereocenters. The Bertz CT molecular complexity index is 1120. The zero-order valence-corrected chi connectivity index (χ0v) is 31.8. The maximum Gasteiger partial charge on any atom is 0.192 e. The highest BCUT2D eigenvalue weighted by molar-refractivity contribution is 8.14. The van der Waals surface area contributed by atoms with E-state index in [9.17, 15) is 9.59 Å². The first-order valence-corrected chi connectivity index (χ1v) is 22.8. The highest BCUT2D eigenvalue weighted by Crippen LogP contribution is 2.58. The summed E-state index contributed by atoms with van der Waals surface area (Å²) in [5.41, 5.74) is 3.62. The molecule has 0 unspecified atom stereocenters. The monoisotopic (exact) mass is 632 g/mol. The highest BCUT2D eigenvalue weighted by Gasteiger charge is 2.55. The van der Waals surface area contributed by atoms with Crippen molar-refractivity contribution in [2.75, 3.05) is 0 Å². The number of hydrogen-bond acceptors (Lipinski definition) is 5. The predicted octanol–water partition coefficient (Wildman–Crippen LogP) is 10.0. The van der Waals surface area contributed by atoms with Crippen LogP contribution in [0.2, 0.25) is 36.3 Å². The molecule has 0 saturated heterocycles. The number of allylic oxidation sites excluding steroid dienone is 3. The van der Waals surface area contributed by atoms with Gasteiger partial charge in [-0.1, -0.05) is 91.5 Å². The summed E-state index contributed by atoms with van der Waals surface area (Å²) < 4.78 is 14.0. The van der Waals surface area contributed by atoms with E-state index in [-0.39, 0.29) is 49.9 Å². The number of rotatable bonds is 7. The number of thioether (sulfide) groups is 1. The van der Waals surface area contributed by atoms with Crippen LogP contribution in [0.15, 0.2) is 35.5 Å². The summed E-state index contributed by atoms with van der Waals surface area (Å²) in [5, 5.41) is 0.363. The number of hydrogen-bond donors (Lipinski definition) is 0. The summed E-state index contributed by atoms with van der Waals surface area (Å²) in [4.78, 5) is 25.3. The van der Waals surface area contributed by atoms with E-state index in [0.29, 0.717) is 12.2 Å². The van der Waals surface area contributed by atoms with Crippen LogP contribution in [-0.4, -0.2) is 45.0 Å². The molecule has 42 heavy (non-hydrogen) atoms. The number of fused-ring (bicyclic) bond motifs is 1. The van der Waals surface area contributed by atoms with Gasteiger partial charge in [0.25, 0.3) is 0 Å². The lowest BCUT2D eigenvalue weighted by Gasteiger charge is -2.45. The Labute approximate surface area is 264 Å². The topological polar surface area (TPSA) is 52.6 Å². The van der Waals surface area contributed by atoms with Gasteiger partial charge >= 0.3 is 0 Å². The second-order valence-electron chi connectivity index (χ2n) is 16.6. The molecule has 3 fully saturated rings. The third kappa shape index (κ3) is 7.55. The SMILES string of the molecule is C=C1C(=CC=C2CCC[C@]3(C)[C@@H]([C@H](C)SC(C)=O)C(=O)C[C@@H]23)C[C@@H](O[Si](C)(C)C(C)(C)C)C[C@@H]1O[Si](C)(C)C(C)(C)C. The van der Waals surface area contributed by atoms with E-state index >= 15 is 0 Å². The van der Waals surface area contributed by atoms with Crippen LogP contribution in [0.5, 0.6) is 0 Å². The number of carbonyl (C=O) groups is 2. The van der Waals surface area contributed by atoms with Gasteiger partial charge in [-0.3, -0.25) is 9.59 Å². The van der Waals surface area contributed by atoms with Crippen LogP contribution in [0.3, 0.4) is 0 Å². The van der Waals surface area contributed by atoms with Crippen LogP contribution in [0, 0.1) is 17.3 Å². The van der Waals surface area contributed by atoms with Crippen LogP contribution in [0.4, 0.5) is 0 Å². The quantitative estimate of drug-likeness (QED) is 0.261. The zero-order chi connectivity index (χ0) is 32.1. The molecule has 0 radical (unpaired) electrons. The summed E-state index contributed by atoms with van der Waals surface area (Å²) in [7, 11) is -3.99. The van der Waals surface area contributed by atoms with E-state index in [0.717, 1.165) is 37.7 Å². The van der Waals surface area contributed by atoms with E-state index in [2.05, 4.69) is 100 Å². The first-order chi connectivity index (χ1) is 19.0. The fourth-order valence-electron chi connectivity index (χ4n) is 6.97. The molecule has 0 aromatic carbocycles. The molecule has 3 aliphatic rings. The average molecular weight is 633 g/mol. The molecule has 0 spiro atoms. The summed E-state index contributed by atoms with van der Waals surface area (Å²) in [6.45, 7) is 33.7. The highest BCUT2D eigenvalue weighted by atomic mass is 32.2. The normalized spacial score (nSPS) is 32.4. The van der Waals surface area contributed by atoms with Crippen LogP contribution in [0.25, 0.3) is 0 Å². The predicted molar refractivity (Wildman–Crippen MR) is 185 cm³/mol. The first-order valence-electron chi connectivity index (χ1n) is 16.1. The van der Waals surface area contributed by atoms with Crippen molar-refractivity contribution in [1.29, 1.82) is 0 Å². The van der Waals surface area contributed by atoms with Crippen molar-refractivity contribution in [2.45, 2.75) is 155 Å². The molecule has 0 amide bonds. The van der Waals surface area contributed by atoms with Crippen molar-refractivity contribution in [1.82, 2.24) is 0 Å². The smallest absolute Gasteiger partial charge is 0.192 e. The van der Waals surface area contributed by atoms with Gasteiger partial charge in [0.15, 0.2) is 21.8 Å². The van der Waals surface area contributed by atoms with E-state index in [1.165, 1.54) is 22.9 Å². The lowest BCUT2D eigenvalue weighted by atomic mass is 9.63. The van der Waals surface area contributed by atoms with Gasteiger partial charge in [-0.2, -0.15) is 0 Å². The molecule has 0 heterocycles. The van der Waals surface area contributed by atoms with Gasteiger partial charge in [-0.15, -0.1) is 0 Å². The number of ketones is 1. The minimum Gasteiger partial charge on any atom is -0.413 e. The van der Waals surface area contributed by atoms with Crippen LogP contribution in [-0.2, 0) is 18.4 Å². The molecule has 0 N–H and O–H groups in total. The van der Waals surface area contributed by atoms with Gasteiger partial charge < -0.3 is 8.85 Å². The van der Waals surface area contributed by atoms with Gasteiger partial charge in [-0.25, -0.2) is 0 Å². The minimum absolute atomic E-state index is 0.0160. The van der Waals surface area contributed by atoms with Crippen LogP contribution in [0.1, 0.15) is 101 Å². The van der Waals surface area contributed by atoms with Gasteiger partial charge in [-0.05, 0) is 84.4 Å². The molecule has 0 aliphatic heterocycles. The van der Waals surface area contributed by atoms with E-state index < -0.39 is 16.6 Å². The van der Waals surface area contributed by atoms with Crippen molar-refractivity contribution < 1.29 is 18.4 Å². The Morgan fingerprint density at radius 1 is 1.02 bits per heavy atom. The molecule has 3 rings (SSSR count). The van der Waals surface area contributed by atoms with Gasteiger partial charge in [0.05, 0.1) is 12.2 Å². The average Bonchev–Trinajstić information content (AvgIpc) is 3.08. The summed E-state index contributed by atoms with van der Waals surface area (Å²) in [5.74, 6) is 0.505. The summed E-state index contributed by atoms with van der Waals surface area (Å²) in [6.07, 6.45) is 10.1. The molecule has 0 aromatic rings. The second kappa shape index (κ2) is 12.6. The first kappa shape index (κ1) is 35.7. The van der Waals surface area contributed by atoms with Gasteiger partial charge in [0.1, 0.15) is 5.78 Å². The number of Topliss-reactive ketones (excluding diaryl/α,β-unsaturated/α-hetero) is 1. The fourth-order valence-corrected chi connectivity index (χ4v) is 10.8. The Morgan fingerprint density at radius 2 is 1.60 bits per heavy atom. The third-order valence-electron chi connectivity index (χ3n) is 11.4. The molecule has 0 bridgehead atoms. The fraction of sp³-hybridized carbons (Fsp3) is 0.771. The largest absolute Gasteiger partial charge is 0.413 e. The maximum atomic E-state index is 13.4. The van der Waals surface area contributed by atoms with Gasteiger partial charge in [0, 0.05) is 30.9 Å². The van der Waals surface area contributed by atoms with Crippen molar-refractivity contribution in [3.63, 3.8) is 0 Å².